The smallest absolute Gasteiger partial charge is 0.227 e. The quantitative estimate of drug-likeness (QED) is 0.718. The van der Waals surface area contributed by atoms with Crippen LogP contribution in [0.15, 0.2) is 59.0 Å². The molecule has 0 spiro atoms. The van der Waals surface area contributed by atoms with Crippen molar-refractivity contribution in [2.24, 2.45) is 5.92 Å². The summed E-state index contributed by atoms with van der Waals surface area (Å²) in [5, 5.41) is 0. The lowest BCUT2D eigenvalue weighted by atomic mass is 10.1. The first kappa shape index (κ1) is 15.8. The molecule has 0 unspecified atom stereocenters. The molecule has 1 atom stereocenters. The topological polar surface area (TPSA) is 49.6 Å². The van der Waals surface area contributed by atoms with Crippen LogP contribution in [0, 0.1) is 5.92 Å². The number of hydrogen-bond donors (Lipinski definition) is 0. The van der Waals surface area contributed by atoms with E-state index in [0.717, 1.165) is 29.9 Å². The summed E-state index contributed by atoms with van der Waals surface area (Å²) in [5.41, 5.74) is 2.69. The first-order chi connectivity index (χ1) is 12.2. The van der Waals surface area contributed by atoms with E-state index in [1.54, 1.807) is 0 Å². The van der Waals surface area contributed by atoms with Crippen molar-refractivity contribution >= 4 is 22.7 Å². The largest absolute Gasteiger partial charge is 0.439 e. The number of aromatic nitrogens is 1. The molecule has 0 bridgehead atoms. The van der Waals surface area contributed by atoms with Crippen LogP contribution >= 0.6 is 0 Å². The number of amides is 1. The highest BCUT2D eigenvalue weighted by molar-refractivity contribution is 5.95. The monoisotopic (exact) mass is 335 g/mol. The molecule has 4 rings (SSSR count). The number of rotatable bonds is 5. The summed E-state index contributed by atoms with van der Waals surface area (Å²) < 4.78 is 5.78. The predicted octanol–water partition coefficient (Wildman–Crippen LogP) is 3.31. The molecular weight excluding hydrogens is 314 g/mol. The Morgan fingerprint density at radius 3 is 2.72 bits per heavy atom. The molecule has 5 nitrogen and oxygen atoms in total. The van der Waals surface area contributed by atoms with Gasteiger partial charge in [-0.05, 0) is 37.2 Å². The second-order valence-corrected chi connectivity index (χ2v) is 6.68. The first-order valence-corrected chi connectivity index (χ1v) is 8.57. The number of carbonyl (C=O) groups is 1. The van der Waals surface area contributed by atoms with Gasteiger partial charge in [-0.15, -0.1) is 0 Å². The predicted molar refractivity (Wildman–Crippen MR) is 97.2 cm³/mol. The summed E-state index contributed by atoms with van der Waals surface area (Å²) in [4.78, 5) is 20.9. The minimum absolute atomic E-state index is 0.200. The molecular formula is C20H21N3O2. The van der Waals surface area contributed by atoms with E-state index in [1.807, 2.05) is 66.5 Å². The van der Waals surface area contributed by atoms with Crippen LogP contribution in [0.2, 0.25) is 0 Å². The normalized spacial score (nSPS) is 17.8. The van der Waals surface area contributed by atoms with Gasteiger partial charge in [0.2, 0.25) is 11.8 Å². The van der Waals surface area contributed by atoms with Crippen molar-refractivity contribution < 1.29 is 9.21 Å². The zero-order chi connectivity index (χ0) is 17.2. The van der Waals surface area contributed by atoms with Crippen LogP contribution < -0.4 is 4.90 Å². The van der Waals surface area contributed by atoms with Gasteiger partial charge in [0.05, 0.1) is 6.54 Å². The Kier molecular flexibility index (Phi) is 4.24. The van der Waals surface area contributed by atoms with Crippen molar-refractivity contribution in [3.8, 4) is 0 Å². The lowest BCUT2D eigenvalue weighted by Gasteiger charge is -2.20. The highest BCUT2D eigenvalue weighted by atomic mass is 16.3. The molecule has 0 saturated carbocycles. The Bertz CT molecular complexity index is 842. The van der Waals surface area contributed by atoms with Gasteiger partial charge < -0.3 is 9.32 Å². The van der Waals surface area contributed by atoms with Gasteiger partial charge in [0.1, 0.15) is 5.52 Å². The molecule has 2 aromatic carbocycles. The number of oxazole rings is 1. The maximum absolute atomic E-state index is 12.3. The van der Waals surface area contributed by atoms with E-state index in [0.29, 0.717) is 24.8 Å². The second kappa shape index (κ2) is 6.69. The number of hydrogen-bond acceptors (Lipinski definition) is 4. The van der Waals surface area contributed by atoms with Crippen molar-refractivity contribution in [2.75, 3.05) is 25.0 Å². The van der Waals surface area contributed by atoms with E-state index in [9.17, 15) is 4.79 Å². The summed E-state index contributed by atoms with van der Waals surface area (Å²) in [7, 11) is 2.05. The first-order valence-electron chi connectivity index (χ1n) is 8.57. The highest BCUT2D eigenvalue weighted by Gasteiger charge is 2.31. The molecule has 1 fully saturated rings. The van der Waals surface area contributed by atoms with Crippen LogP contribution in [0.1, 0.15) is 12.3 Å². The van der Waals surface area contributed by atoms with E-state index in [4.69, 9.17) is 4.42 Å². The van der Waals surface area contributed by atoms with E-state index in [-0.39, 0.29) is 5.91 Å². The molecule has 1 saturated heterocycles. The van der Waals surface area contributed by atoms with Gasteiger partial charge in [0.25, 0.3) is 0 Å². The molecule has 5 heteroatoms. The third kappa shape index (κ3) is 3.42. The summed E-state index contributed by atoms with van der Waals surface area (Å²) in [5.74, 6) is 1.24. The number of nitrogens with zero attached hydrogens (tertiary/aromatic N) is 3. The molecule has 1 aliphatic rings. The standard InChI is InChI=1S/C20H21N3O2/c1-22(14-19-21-17-9-5-6-10-18(17)25-19)12-15-11-20(24)23(13-15)16-7-3-2-4-8-16/h2-10,15H,11-14H2,1H3/t15-/m1/s1. The Morgan fingerprint density at radius 2 is 1.92 bits per heavy atom. The fourth-order valence-corrected chi connectivity index (χ4v) is 3.49. The molecule has 2 heterocycles. The average Bonchev–Trinajstić information content (AvgIpc) is 3.18. The third-order valence-electron chi connectivity index (χ3n) is 4.59. The Morgan fingerprint density at radius 1 is 1.16 bits per heavy atom. The van der Waals surface area contributed by atoms with Gasteiger partial charge in [0, 0.05) is 25.2 Å². The number of benzene rings is 2. The minimum atomic E-state index is 0.200. The van der Waals surface area contributed by atoms with Gasteiger partial charge in [-0.25, -0.2) is 4.98 Å². The molecule has 1 aliphatic heterocycles. The van der Waals surface area contributed by atoms with Gasteiger partial charge in [0.15, 0.2) is 5.58 Å². The van der Waals surface area contributed by atoms with Crippen LogP contribution in [0.3, 0.4) is 0 Å². The van der Waals surface area contributed by atoms with Crippen molar-refractivity contribution in [3.63, 3.8) is 0 Å². The second-order valence-electron chi connectivity index (χ2n) is 6.68. The van der Waals surface area contributed by atoms with Crippen molar-refractivity contribution in [2.45, 2.75) is 13.0 Å². The zero-order valence-corrected chi connectivity index (χ0v) is 14.3. The summed E-state index contributed by atoms with van der Waals surface area (Å²) >= 11 is 0. The SMILES string of the molecule is CN(Cc1nc2ccccc2o1)C[C@H]1CC(=O)N(c2ccccc2)C1. The van der Waals surface area contributed by atoms with E-state index >= 15 is 0 Å². The number of fused-ring (bicyclic) bond motifs is 1. The van der Waals surface area contributed by atoms with Gasteiger partial charge >= 0.3 is 0 Å². The van der Waals surface area contributed by atoms with Crippen LogP contribution in [0.25, 0.3) is 11.1 Å². The molecule has 1 aromatic heterocycles. The third-order valence-corrected chi connectivity index (χ3v) is 4.59. The fraction of sp³-hybridized carbons (Fsp3) is 0.300. The van der Waals surface area contributed by atoms with Gasteiger partial charge in [-0.3, -0.25) is 9.69 Å². The van der Waals surface area contributed by atoms with Crippen molar-refractivity contribution in [1.82, 2.24) is 9.88 Å². The molecule has 3 aromatic rings. The van der Waals surface area contributed by atoms with E-state index < -0.39 is 0 Å². The zero-order valence-electron chi connectivity index (χ0n) is 14.3. The van der Waals surface area contributed by atoms with Crippen LogP contribution in [0.4, 0.5) is 5.69 Å². The van der Waals surface area contributed by atoms with Gasteiger partial charge in [-0.2, -0.15) is 0 Å². The Labute approximate surface area is 146 Å². The minimum Gasteiger partial charge on any atom is -0.439 e. The maximum atomic E-state index is 12.3. The summed E-state index contributed by atoms with van der Waals surface area (Å²) in [6.45, 7) is 2.25. The summed E-state index contributed by atoms with van der Waals surface area (Å²) in [6.07, 6.45) is 0.590. The Hall–Kier alpha value is -2.66. The molecule has 128 valence electrons. The highest BCUT2D eigenvalue weighted by Crippen LogP contribution is 2.25. The molecule has 0 radical (unpaired) electrons. The fourth-order valence-electron chi connectivity index (χ4n) is 3.49. The molecule has 1 amide bonds. The van der Waals surface area contributed by atoms with Crippen LogP contribution in [-0.2, 0) is 11.3 Å². The van der Waals surface area contributed by atoms with Crippen molar-refractivity contribution in [1.29, 1.82) is 0 Å². The Balaban J connectivity index is 1.38. The van der Waals surface area contributed by atoms with Crippen molar-refractivity contribution in [3.05, 3.63) is 60.5 Å². The molecule has 25 heavy (non-hydrogen) atoms. The van der Waals surface area contributed by atoms with Crippen LogP contribution in [-0.4, -0.2) is 35.9 Å². The number of carbonyl (C=O) groups excluding carboxylic acids is 1. The van der Waals surface area contributed by atoms with E-state index in [1.165, 1.54) is 0 Å². The summed E-state index contributed by atoms with van der Waals surface area (Å²) in [6, 6.07) is 17.7. The molecule has 0 N–H and O–H groups in total. The number of para-hydroxylation sites is 3. The van der Waals surface area contributed by atoms with E-state index in [2.05, 4.69) is 9.88 Å². The number of anilines is 1. The lowest BCUT2D eigenvalue weighted by molar-refractivity contribution is -0.117. The average molecular weight is 335 g/mol. The van der Waals surface area contributed by atoms with Gasteiger partial charge in [-0.1, -0.05) is 30.3 Å². The van der Waals surface area contributed by atoms with Crippen LogP contribution in [0.5, 0.6) is 0 Å². The maximum Gasteiger partial charge on any atom is 0.227 e. The lowest BCUT2D eigenvalue weighted by Crippen LogP contribution is -2.28. The molecule has 0 aliphatic carbocycles.